The molecule has 6 heteroatoms. The topological polar surface area (TPSA) is 85.2 Å². The zero-order valence-electron chi connectivity index (χ0n) is 16.6. The van der Waals surface area contributed by atoms with Gasteiger partial charge in [-0.25, -0.2) is 14.7 Å². The number of carboxylic acid groups (broad SMARTS) is 1. The van der Waals surface area contributed by atoms with Gasteiger partial charge in [0.15, 0.2) is 0 Å². The normalized spacial score (nSPS) is 28.2. The molecule has 2 rings (SSSR count). The Morgan fingerprint density at radius 3 is 2.59 bits per heavy atom. The van der Waals surface area contributed by atoms with Gasteiger partial charge in [0, 0.05) is 18.8 Å². The smallest absolute Gasteiger partial charge is 0.303 e. The quantitative estimate of drug-likeness (QED) is 0.176. The lowest BCUT2D eigenvalue weighted by atomic mass is 9.87. The van der Waals surface area contributed by atoms with Crippen LogP contribution in [0.15, 0.2) is 12.2 Å². The van der Waals surface area contributed by atoms with Crippen LogP contribution in [0.25, 0.3) is 0 Å². The standard InChI is InChI=1S/C21H36O6/c1-2-3-7-10-16(25-24)13-14-18-17(19-15-20(18)27-26-19)11-8-5-4-6-9-12-21(22)23/h13-14,16-20,24H,2-12,15H2,1H3,(H,22,23)/t16?,17-,18-,19+,20+/m0/s1. The predicted molar refractivity (Wildman–Crippen MR) is 102 cm³/mol. The molecule has 6 nitrogen and oxygen atoms in total. The number of rotatable bonds is 15. The van der Waals surface area contributed by atoms with Gasteiger partial charge in [0.05, 0.1) is 6.10 Å². The first-order valence-corrected chi connectivity index (χ1v) is 10.7. The molecule has 0 radical (unpaired) electrons. The molecule has 5 atom stereocenters. The lowest BCUT2D eigenvalue weighted by Gasteiger charge is -2.28. The SMILES string of the molecule is CCCCCC(C=C[C@H]1[C@H](CCCCCCCC(=O)O)[C@H]2C[C@H]1OO2)OO. The van der Waals surface area contributed by atoms with Gasteiger partial charge in [-0.05, 0) is 25.2 Å². The first-order valence-electron chi connectivity index (χ1n) is 10.7. The van der Waals surface area contributed by atoms with Gasteiger partial charge in [-0.1, -0.05) is 64.0 Å². The van der Waals surface area contributed by atoms with Crippen LogP contribution in [0.1, 0.15) is 84.0 Å². The minimum Gasteiger partial charge on any atom is -0.481 e. The Labute approximate surface area is 162 Å². The van der Waals surface area contributed by atoms with E-state index in [0.717, 1.165) is 70.6 Å². The molecule has 2 fully saturated rings. The van der Waals surface area contributed by atoms with Crippen molar-refractivity contribution >= 4 is 5.97 Å². The summed E-state index contributed by atoms with van der Waals surface area (Å²) >= 11 is 0. The van der Waals surface area contributed by atoms with Gasteiger partial charge in [-0.3, -0.25) is 10.1 Å². The number of carbonyl (C=O) groups is 1. The summed E-state index contributed by atoms with van der Waals surface area (Å²) in [6.07, 6.45) is 15.8. The molecule has 156 valence electrons. The highest BCUT2D eigenvalue weighted by Crippen LogP contribution is 2.45. The van der Waals surface area contributed by atoms with Crippen LogP contribution in [0.2, 0.25) is 0 Å². The molecule has 1 saturated heterocycles. The molecule has 0 aromatic rings. The number of carboxylic acids is 1. The molecule has 0 spiro atoms. The average Bonchev–Trinajstić information content (AvgIpc) is 3.25. The molecule has 1 aliphatic heterocycles. The van der Waals surface area contributed by atoms with Crippen LogP contribution >= 0.6 is 0 Å². The van der Waals surface area contributed by atoms with E-state index in [1.54, 1.807) is 0 Å². The Balaban J connectivity index is 1.72. The Morgan fingerprint density at radius 1 is 1.11 bits per heavy atom. The largest absolute Gasteiger partial charge is 0.481 e. The van der Waals surface area contributed by atoms with E-state index in [2.05, 4.69) is 17.9 Å². The maximum absolute atomic E-state index is 10.5. The second kappa shape index (κ2) is 12.5. The first kappa shape index (κ1) is 22.3. The molecule has 0 aromatic carbocycles. The van der Waals surface area contributed by atoms with Gasteiger partial charge in [-0.15, -0.1) is 0 Å². The minimum absolute atomic E-state index is 0.113. The van der Waals surface area contributed by atoms with Gasteiger partial charge in [0.2, 0.25) is 0 Å². The Kier molecular flexibility index (Phi) is 10.3. The molecule has 0 aromatic heterocycles. The molecular formula is C21H36O6. The van der Waals surface area contributed by atoms with Crippen molar-refractivity contribution in [3.05, 3.63) is 12.2 Å². The summed E-state index contributed by atoms with van der Waals surface area (Å²) in [5.74, 6) is 0.0669. The molecule has 0 amide bonds. The zero-order chi connectivity index (χ0) is 19.5. The number of unbranched alkanes of at least 4 members (excludes halogenated alkanes) is 6. The van der Waals surface area contributed by atoms with Gasteiger partial charge in [0.1, 0.15) is 12.2 Å². The van der Waals surface area contributed by atoms with E-state index in [-0.39, 0.29) is 24.7 Å². The third kappa shape index (κ3) is 7.53. The van der Waals surface area contributed by atoms with Crippen LogP contribution < -0.4 is 0 Å². The van der Waals surface area contributed by atoms with E-state index >= 15 is 0 Å². The fraction of sp³-hybridized carbons (Fsp3) is 0.857. The van der Waals surface area contributed by atoms with Crippen molar-refractivity contribution in [2.45, 2.75) is 102 Å². The van der Waals surface area contributed by atoms with Crippen molar-refractivity contribution in [1.29, 1.82) is 0 Å². The van der Waals surface area contributed by atoms with Gasteiger partial charge < -0.3 is 5.11 Å². The van der Waals surface area contributed by atoms with Crippen molar-refractivity contribution in [2.24, 2.45) is 11.8 Å². The zero-order valence-corrected chi connectivity index (χ0v) is 16.6. The fourth-order valence-electron chi connectivity index (χ4n) is 4.30. The summed E-state index contributed by atoms with van der Waals surface area (Å²) in [6, 6.07) is 0. The Bertz CT molecular complexity index is 452. The fourth-order valence-corrected chi connectivity index (χ4v) is 4.30. The third-order valence-corrected chi connectivity index (χ3v) is 5.87. The maximum atomic E-state index is 10.5. The van der Waals surface area contributed by atoms with Crippen molar-refractivity contribution in [3.8, 4) is 0 Å². The highest BCUT2D eigenvalue weighted by molar-refractivity contribution is 5.66. The Hall–Kier alpha value is -0.950. The van der Waals surface area contributed by atoms with E-state index in [1.807, 2.05) is 6.08 Å². The Morgan fingerprint density at radius 2 is 1.85 bits per heavy atom. The van der Waals surface area contributed by atoms with Crippen LogP contribution in [-0.2, 0) is 19.5 Å². The molecular weight excluding hydrogens is 348 g/mol. The van der Waals surface area contributed by atoms with E-state index < -0.39 is 5.97 Å². The third-order valence-electron chi connectivity index (χ3n) is 5.87. The van der Waals surface area contributed by atoms with Crippen molar-refractivity contribution in [2.75, 3.05) is 0 Å². The molecule has 2 N–H and O–H groups in total. The lowest BCUT2D eigenvalue weighted by molar-refractivity contribution is -0.337. The minimum atomic E-state index is -0.705. The highest BCUT2D eigenvalue weighted by atomic mass is 17.2. The van der Waals surface area contributed by atoms with E-state index in [9.17, 15) is 4.79 Å². The van der Waals surface area contributed by atoms with Crippen LogP contribution in [0, 0.1) is 11.8 Å². The summed E-state index contributed by atoms with van der Waals surface area (Å²) in [5.41, 5.74) is 0. The number of fused-ring (bicyclic) bond motifs is 2. The van der Waals surface area contributed by atoms with Gasteiger partial charge in [-0.2, -0.15) is 0 Å². The molecule has 1 saturated carbocycles. The monoisotopic (exact) mass is 384 g/mol. The first-order chi connectivity index (χ1) is 13.2. The number of hydrogen-bond donors (Lipinski definition) is 2. The van der Waals surface area contributed by atoms with Crippen molar-refractivity contribution in [3.63, 3.8) is 0 Å². The molecule has 1 aliphatic carbocycles. The molecule has 1 heterocycles. The van der Waals surface area contributed by atoms with Crippen molar-refractivity contribution in [1.82, 2.24) is 0 Å². The maximum Gasteiger partial charge on any atom is 0.303 e. The van der Waals surface area contributed by atoms with Crippen LogP contribution in [0.5, 0.6) is 0 Å². The number of aliphatic carboxylic acids is 1. The van der Waals surface area contributed by atoms with E-state index in [1.165, 1.54) is 0 Å². The second-order valence-corrected chi connectivity index (χ2v) is 7.97. The van der Waals surface area contributed by atoms with Gasteiger partial charge >= 0.3 is 5.97 Å². The summed E-state index contributed by atoms with van der Waals surface area (Å²) in [5, 5.41) is 17.8. The second-order valence-electron chi connectivity index (χ2n) is 7.97. The van der Waals surface area contributed by atoms with E-state index in [4.69, 9.17) is 20.1 Å². The van der Waals surface area contributed by atoms with E-state index in [0.29, 0.717) is 11.8 Å². The van der Waals surface area contributed by atoms with Crippen LogP contribution in [-0.4, -0.2) is 34.6 Å². The molecule has 2 aliphatic rings. The highest BCUT2D eigenvalue weighted by Gasteiger charge is 2.49. The lowest BCUT2D eigenvalue weighted by Crippen LogP contribution is -2.29. The summed E-state index contributed by atoms with van der Waals surface area (Å²) < 4.78 is 0. The molecule has 2 bridgehead atoms. The van der Waals surface area contributed by atoms with Crippen LogP contribution in [0.4, 0.5) is 0 Å². The number of hydrogen-bond acceptors (Lipinski definition) is 5. The van der Waals surface area contributed by atoms with Crippen molar-refractivity contribution < 1.29 is 29.8 Å². The van der Waals surface area contributed by atoms with Gasteiger partial charge in [0.25, 0.3) is 0 Å². The average molecular weight is 385 g/mol. The predicted octanol–water partition coefficient (Wildman–Crippen LogP) is 5.13. The van der Waals surface area contributed by atoms with Crippen LogP contribution in [0.3, 0.4) is 0 Å². The molecule has 27 heavy (non-hydrogen) atoms. The summed E-state index contributed by atoms with van der Waals surface area (Å²) in [6.45, 7) is 2.16. The summed E-state index contributed by atoms with van der Waals surface area (Å²) in [4.78, 5) is 26.0. The molecule has 1 unspecified atom stereocenters. The summed E-state index contributed by atoms with van der Waals surface area (Å²) in [7, 11) is 0.